The molecule has 174 valence electrons. The van der Waals surface area contributed by atoms with Crippen molar-refractivity contribution >= 4 is 54.9 Å². The third-order valence-corrected chi connectivity index (χ3v) is 8.48. The lowest BCUT2D eigenvalue weighted by molar-refractivity contribution is 1.18. The van der Waals surface area contributed by atoms with Crippen LogP contribution in [0.3, 0.4) is 0 Å². The van der Waals surface area contributed by atoms with Crippen molar-refractivity contribution in [1.82, 2.24) is 9.13 Å². The van der Waals surface area contributed by atoms with Crippen LogP contribution in [-0.2, 0) is 0 Å². The highest BCUT2D eigenvalue weighted by Gasteiger charge is 2.15. The van der Waals surface area contributed by atoms with E-state index in [-0.39, 0.29) is 0 Å². The third kappa shape index (κ3) is 3.05. The number of nitrogens with zero attached hydrogens (tertiary/aromatic N) is 2. The summed E-state index contributed by atoms with van der Waals surface area (Å²) in [5, 5.41) is 6.39. The third-order valence-electron chi connectivity index (χ3n) is 7.36. The second-order valence-electron chi connectivity index (χ2n) is 9.43. The van der Waals surface area contributed by atoms with Crippen LogP contribution in [-0.4, -0.2) is 9.13 Å². The Morgan fingerprint density at radius 2 is 0.892 bits per heavy atom. The van der Waals surface area contributed by atoms with Crippen molar-refractivity contribution in [2.24, 2.45) is 0 Å². The standard InChI is InChI=1S/C34H22N2S/c1-5-16-29-25(12-1)26-13-2-6-17-30(26)35(29)24-11-9-10-23(22-24)33-20-21-34(37-33)36-31-18-7-3-14-27(31)28-15-4-8-19-32(28)36/h1-22H. The first-order chi connectivity index (χ1) is 18.4. The number of benzene rings is 5. The van der Waals surface area contributed by atoms with Gasteiger partial charge in [-0.15, -0.1) is 11.3 Å². The molecule has 0 fully saturated rings. The molecule has 3 heterocycles. The number of hydrogen-bond donors (Lipinski definition) is 0. The summed E-state index contributed by atoms with van der Waals surface area (Å²) in [5.74, 6) is 0. The molecule has 0 aliphatic heterocycles. The van der Waals surface area contributed by atoms with Gasteiger partial charge in [0, 0.05) is 32.1 Å². The van der Waals surface area contributed by atoms with Gasteiger partial charge in [-0.3, -0.25) is 0 Å². The lowest BCUT2D eigenvalue weighted by Gasteiger charge is -2.09. The van der Waals surface area contributed by atoms with Gasteiger partial charge in [0.25, 0.3) is 0 Å². The van der Waals surface area contributed by atoms with Crippen LogP contribution in [0.25, 0.3) is 64.7 Å². The zero-order chi connectivity index (χ0) is 24.3. The van der Waals surface area contributed by atoms with E-state index in [0.717, 1.165) is 0 Å². The van der Waals surface area contributed by atoms with Crippen molar-refractivity contribution in [3.8, 4) is 21.1 Å². The Kier molecular flexibility index (Phi) is 4.42. The monoisotopic (exact) mass is 490 g/mol. The highest BCUT2D eigenvalue weighted by molar-refractivity contribution is 7.18. The molecule has 0 aliphatic rings. The maximum atomic E-state index is 2.40. The van der Waals surface area contributed by atoms with E-state index in [4.69, 9.17) is 0 Å². The quantitative estimate of drug-likeness (QED) is 0.233. The van der Waals surface area contributed by atoms with Crippen LogP contribution in [0.1, 0.15) is 0 Å². The molecule has 37 heavy (non-hydrogen) atoms. The van der Waals surface area contributed by atoms with E-state index in [9.17, 15) is 0 Å². The number of aromatic nitrogens is 2. The first kappa shape index (κ1) is 20.6. The first-order valence-electron chi connectivity index (χ1n) is 12.5. The summed E-state index contributed by atoms with van der Waals surface area (Å²) in [7, 11) is 0. The minimum absolute atomic E-state index is 1.18. The molecule has 3 heteroatoms. The molecule has 0 saturated carbocycles. The molecule has 0 bridgehead atoms. The number of fused-ring (bicyclic) bond motifs is 6. The minimum Gasteiger partial charge on any atom is -0.309 e. The summed E-state index contributed by atoms with van der Waals surface area (Å²) < 4.78 is 4.78. The van der Waals surface area contributed by atoms with Crippen LogP contribution in [0, 0.1) is 0 Å². The molecule has 0 radical (unpaired) electrons. The Balaban J connectivity index is 1.30. The lowest BCUT2D eigenvalue weighted by atomic mass is 10.1. The lowest BCUT2D eigenvalue weighted by Crippen LogP contribution is -1.93. The average molecular weight is 491 g/mol. The molecule has 8 rings (SSSR count). The van der Waals surface area contributed by atoms with Crippen molar-refractivity contribution in [3.63, 3.8) is 0 Å². The maximum absolute atomic E-state index is 2.40. The Labute approximate surface area is 218 Å². The predicted molar refractivity (Wildman–Crippen MR) is 158 cm³/mol. The van der Waals surface area contributed by atoms with Gasteiger partial charge in [0.05, 0.1) is 22.1 Å². The molecule has 2 nitrogen and oxygen atoms in total. The van der Waals surface area contributed by atoms with Crippen molar-refractivity contribution in [2.45, 2.75) is 0 Å². The maximum Gasteiger partial charge on any atom is 0.101 e. The summed E-state index contributed by atoms with van der Waals surface area (Å²) in [6.45, 7) is 0. The molecule has 0 aliphatic carbocycles. The second kappa shape index (κ2) is 7.95. The topological polar surface area (TPSA) is 9.86 Å². The smallest absolute Gasteiger partial charge is 0.101 e. The van der Waals surface area contributed by atoms with Crippen LogP contribution in [0.2, 0.25) is 0 Å². The van der Waals surface area contributed by atoms with Gasteiger partial charge in [-0.2, -0.15) is 0 Å². The van der Waals surface area contributed by atoms with Crippen molar-refractivity contribution < 1.29 is 0 Å². The molecule has 0 amide bonds. The molecule has 0 spiro atoms. The molecule has 3 aromatic heterocycles. The van der Waals surface area contributed by atoms with Gasteiger partial charge in [-0.05, 0) is 54.1 Å². The zero-order valence-corrected chi connectivity index (χ0v) is 20.8. The van der Waals surface area contributed by atoms with E-state index < -0.39 is 0 Å². The Hall–Kier alpha value is -4.60. The summed E-state index contributed by atoms with van der Waals surface area (Å²) in [6.07, 6.45) is 0. The molecule has 0 saturated heterocycles. The molecular formula is C34H22N2S. The second-order valence-corrected chi connectivity index (χ2v) is 10.5. The van der Waals surface area contributed by atoms with Crippen LogP contribution in [0.15, 0.2) is 133 Å². The zero-order valence-electron chi connectivity index (χ0n) is 20.0. The predicted octanol–water partition coefficient (Wildman–Crippen LogP) is 9.61. The van der Waals surface area contributed by atoms with Gasteiger partial charge in [0.2, 0.25) is 0 Å². The van der Waals surface area contributed by atoms with E-state index in [1.807, 2.05) is 11.3 Å². The summed E-state index contributed by atoms with van der Waals surface area (Å²) in [6, 6.07) is 48.2. The molecule has 5 aromatic carbocycles. The average Bonchev–Trinajstić information content (AvgIpc) is 3.66. The van der Waals surface area contributed by atoms with E-state index in [0.29, 0.717) is 0 Å². The minimum atomic E-state index is 1.18. The normalized spacial score (nSPS) is 11.8. The van der Waals surface area contributed by atoms with Gasteiger partial charge in [-0.25, -0.2) is 0 Å². The number of para-hydroxylation sites is 4. The Morgan fingerprint density at radius 3 is 1.43 bits per heavy atom. The van der Waals surface area contributed by atoms with E-state index in [2.05, 4.69) is 143 Å². The molecule has 0 atom stereocenters. The molecule has 8 aromatic rings. The summed E-state index contributed by atoms with van der Waals surface area (Å²) in [5.41, 5.74) is 7.38. The highest BCUT2D eigenvalue weighted by Crippen LogP contribution is 2.38. The molecular weight excluding hydrogens is 468 g/mol. The highest BCUT2D eigenvalue weighted by atomic mass is 32.1. The fourth-order valence-corrected chi connectivity index (χ4v) is 6.79. The van der Waals surface area contributed by atoms with Gasteiger partial charge < -0.3 is 9.13 Å². The Bertz CT molecular complexity index is 2000. The number of rotatable bonds is 3. The number of thiophene rings is 1. The van der Waals surface area contributed by atoms with E-state index in [1.165, 1.54) is 64.7 Å². The van der Waals surface area contributed by atoms with Crippen molar-refractivity contribution in [2.75, 3.05) is 0 Å². The number of hydrogen-bond acceptors (Lipinski definition) is 1. The summed E-state index contributed by atoms with van der Waals surface area (Å²) in [4.78, 5) is 1.26. The molecule has 0 N–H and O–H groups in total. The van der Waals surface area contributed by atoms with Gasteiger partial charge >= 0.3 is 0 Å². The van der Waals surface area contributed by atoms with Crippen LogP contribution < -0.4 is 0 Å². The van der Waals surface area contributed by atoms with Crippen LogP contribution >= 0.6 is 11.3 Å². The van der Waals surface area contributed by atoms with Gasteiger partial charge in [0.1, 0.15) is 5.00 Å². The SMILES string of the molecule is c1cc(-c2ccc(-n3c4ccccc4c4ccccc43)s2)cc(-n2c3ccccc3c3ccccc32)c1. The van der Waals surface area contributed by atoms with Gasteiger partial charge in [-0.1, -0.05) is 84.9 Å². The largest absolute Gasteiger partial charge is 0.309 e. The fourth-order valence-electron chi connectivity index (χ4n) is 5.76. The van der Waals surface area contributed by atoms with E-state index >= 15 is 0 Å². The van der Waals surface area contributed by atoms with Crippen LogP contribution in [0.4, 0.5) is 0 Å². The van der Waals surface area contributed by atoms with Crippen LogP contribution in [0.5, 0.6) is 0 Å². The van der Waals surface area contributed by atoms with E-state index in [1.54, 1.807) is 0 Å². The molecule has 0 unspecified atom stereocenters. The van der Waals surface area contributed by atoms with Crippen molar-refractivity contribution in [1.29, 1.82) is 0 Å². The Morgan fingerprint density at radius 1 is 0.405 bits per heavy atom. The summed E-state index contributed by atoms with van der Waals surface area (Å²) >= 11 is 1.84. The van der Waals surface area contributed by atoms with Gasteiger partial charge in [0.15, 0.2) is 0 Å². The first-order valence-corrected chi connectivity index (χ1v) is 13.4. The fraction of sp³-hybridized carbons (Fsp3) is 0. The van der Waals surface area contributed by atoms with Crippen molar-refractivity contribution in [3.05, 3.63) is 133 Å².